The molecule has 0 spiro atoms. The Balaban J connectivity index is 2.81. The minimum absolute atomic E-state index is 0.158. The van der Waals surface area contributed by atoms with Crippen molar-refractivity contribution in [3.05, 3.63) is 23.3 Å². The highest BCUT2D eigenvalue weighted by atomic mass is 32.2. The normalized spacial score (nSPS) is 11.9. The van der Waals surface area contributed by atoms with Crippen LogP contribution < -0.4 is 9.88 Å². The van der Waals surface area contributed by atoms with Crippen LogP contribution in [0.4, 0.5) is 0 Å². The molecule has 0 heterocycles. The number of nitrogens with zero attached hydrogens (tertiary/aromatic N) is 1. The van der Waals surface area contributed by atoms with E-state index in [4.69, 9.17) is 9.88 Å². The summed E-state index contributed by atoms with van der Waals surface area (Å²) in [7, 11) is -3.68. The van der Waals surface area contributed by atoms with Gasteiger partial charge < -0.3 is 9.64 Å². The molecule has 0 radical (unpaired) electrons. The lowest BCUT2D eigenvalue weighted by molar-refractivity contribution is 0.222. The molecule has 0 unspecified atom stereocenters. The maximum absolute atomic E-state index is 11.4. The number of rotatable bonds is 7. The van der Waals surface area contributed by atoms with Crippen LogP contribution in [0.3, 0.4) is 0 Å². The van der Waals surface area contributed by atoms with Crippen molar-refractivity contribution in [2.45, 2.75) is 32.6 Å². The Morgan fingerprint density at radius 1 is 1.15 bits per heavy atom. The van der Waals surface area contributed by atoms with Crippen molar-refractivity contribution in [3.8, 4) is 5.75 Å². The minimum Gasteiger partial charge on any atom is -0.492 e. The summed E-state index contributed by atoms with van der Waals surface area (Å²) in [6, 6.07) is 3.30. The lowest BCUT2D eigenvalue weighted by atomic mass is 10.1. The summed E-state index contributed by atoms with van der Waals surface area (Å²) in [5.41, 5.74) is 1.38. The first kappa shape index (κ1) is 16.9. The monoisotopic (exact) mass is 300 g/mol. The van der Waals surface area contributed by atoms with Crippen LogP contribution in [0.5, 0.6) is 5.75 Å². The molecule has 0 atom stereocenters. The van der Waals surface area contributed by atoms with E-state index in [9.17, 15) is 8.42 Å². The number of hydrogen-bond acceptors (Lipinski definition) is 4. The van der Waals surface area contributed by atoms with E-state index in [0.717, 1.165) is 25.2 Å². The van der Waals surface area contributed by atoms with Crippen LogP contribution in [-0.2, 0) is 10.0 Å². The van der Waals surface area contributed by atoms with Gasteiger partial charge in [0.1, 0.15) is 12.4 Å². The zero-order valence-corrected chi connectivity index (χ0v) is 13.5. The first-order valence-corrected chi connectivity index (χ1v) is 8.33. The molecular weight excluding hydrogens is 276 g/mol. The van der Waals surface area contributed by atoms with Crippen molar-refractivity contribution in [1.29, 1.82) is 0 Å². The molecule has 0 aliphatic rings. The van der Waals surface area contributed by atoms with Gasteiger partial charge in [-0.25, -0.2) is 13.6 Å². The fourth-order valence-electron chi connectivity index (χ4n) is 2.05. The number of nitrogens with two attached hydrogens (primary N) is 1. The summed E-state index contributed by atoms with van der Waals surface area (Å²) >= 11 is 0. The number of hydrogen-bond donors (Lipinski definition) is 1. The minimum atomic E-state index is -3.68. The van der Waals surface area contributed by atoms with E-state index in [1.54, 1.807) is 19.1 Å². The second-order valence-electron chi connectivity index (χ2n) is 4.80. The van der Waals surface area contributed by atoms with Gasteiger partial charge >= 0.3 is 0 Å². The van der Waals surface area contributed by atoms with Crippen LogP contribution in [-0.4, -0.2) is 39.6 Å². The third-order valence-electron chi connectivity index (χ3n) is 3.34. The van der Waals surface area contributed by atoms with Gasteiger partial charge in [-0.05, 0) is 50.2 Å². The Hall–Kier alpha value is -1.11. The summed E-state index contributed by atoms with van der Waals surface area (Å²) in [5, 5.41) is 5.18. The Labute approximate surface area is 121 Å². The largest absolute Gasteiger partial charge is 0.492 e. The molecule has 0 fully saturated rings. The highest BCUT2D eigenvalue weighted by Gasteiger charge is 2.14. The van der Waals surface area contributed by atoms with Crippen molar-refractivity contribution in [2.24, 2.45) is 5.14 Å². The van der Waals surface area contributed by atoms with Gasteiger partial charge in [0.05, 0.1) is 4.90 Å². The van der Waals surface area contributed by atoms with Crippen molar-refractivity contribution in [1.82, 2.24) is 4.90 Å². The maximum atomic E-state index is 11.4. The number of primary sulfonamides is 1. The predicted molar refractivity (Wildman–Crippen MR) is 80.6 cm³/mol. The molecule has 1 aromatic rings. The third kappa shape index (κ3) is 4.47. The van der Waals surface area contributed by atoms with Gasteiger partial charge in [0.2, 0.25) is 10.0 Å². The average Bonchev–Trinajstić information content (AvgIpc) is 2.36. The molecule has 0 saturated carbocycles. The summed E-state index contributed by atoms with van der Waals surface area (Å²) < 4.78 is 28.6. The molecule has 0 amide bonds. The standard InChI is InChI=1S/C14H24N2O3S/c1-5-16(6-2)7-8-19-13-9-12(4)14(10-11(13)3)20(15,17)18/h9-10H,5-8H2,1-4H3,(H2,15,17,18). The molecule has 114 valence electrons. The molecule has 0 saturated heterocycles. The third-order valence-corrected chi connectivity index (χ3v) is 4.39. The molecule has 0 aromatic heterocycles. The maximum Gasteiger partial charge on any atom is 0.238 e. The zero-order chi connectivity index (χ0) is 15.3. The van der Waals surface area contributed by atoms with Crippen LogP contribution in [0, 0.1) is 13.8 Å². The Bertz CT molecular complexity index is 552. The number of ether oxygens (including phenoxy) is 1. The van der Waals surface area contributed by atoms with E-state index < -0.39 is 10.0 Å². The first-order chi connectivity index (χ1) is 9.29. The fraction of sp³-hybridized carbons (Fsp3) is 0.571. The van der Waals surface area contributed by atoms with Crippen LogP contribution in [0.1, 0.15) is 25.0 Å². The SMILES string of the molecule is CCN(CC)CCOc1cc(C)c(S(N)(=O)=O)cc1C. The summed E-state index contributed by atoms with van der Waals surface area (Å²) in [6.07, 6.45) is 0. The summed E-state index contributed by atoms with van der Waals surface area (Å²) in [6.45, 7) is 11.2. The van der Waals surface area contributed by atoms with Crippen molar-refractivity contribution < 1.29 is 13.2 Å². The van der Waals surface area contributed by atoms with Crippen LogP contribution >= 0.6 is 0 Å². The highest BCUT2D eigenvalue weighted by molar-refractivity contribution is 7.89. The Morgan fingerprint density at radius 2 is 1.75 bits per heavy atom. The summed E-state index contributed by atoms with van der Waals surface area (Å²) in [5.74, 6) is 0.710. The molecule has 5 nitrogen and oxygen atoms in total. The lowest BCUT2D eigenvalue weighted by Gasteiger charge is -2.19. The van der Waals surface area contributed by atoms with Gasteiger partial charge in [-0.2, -0.15) is 0 Å². The molecule has 1 rings (SSSR count). The number of benzene rings is 1. The van der Waals surface area contributed by atoms with Gasteiger partial charge in [0.25, 0.3) is 0 Å². The van der Waals surface area contributed by atoms with E-state index in [-0.39, 0.29) is 4.90 Å². The van der Waals surface area contributed by atoms with E-state index in [1.165, 1.54) is 0 Å². The van der Waals surface area contributed by atoms with E-state index >= 15 is 0 Å². The number of likely N-dealkylation sites (N-methyl/N-ethyl adjacent to an activating group) is 1. The molecule has 2 N–H and O–H groups in total. The van der Waals surface area contributed by atoms with Crippen LogP contribution in [0.15, 0.2) is 17.0 Å². The van der Waals surface area contributed by atoms with Gasteiger partial charge in [0, 0.05) is 6.54 Å². The Kier molecular flexibility index (Phi) is 5.98. The predicted octanol–water partition coefficient (Wildman–Crippen LogP) is 1.67. The van der Waals surface area contributed by atoms with Gasteiger partial charge in [-0.3, -0.25) is 0 Å². The molecule has 0 aliphatic carbocycles. The van der Waals surface area contributed by atoms with E-state index in [2.05, 4.69) is 18.7 Å². The van der Waals surface area contributed by atoms with Crippen molar-refractivity contribution in [3.63, 3.8) is 0 Å². The lowest BCUT2D eigenvalue weighted by Crippen LogP contribution is -2.28. The molecule has 6 heteroatoms. The quantitative estimate of drug-likeness (QED) is 0.831. The zero-order valence-electron chi connectivity index (χ0n) is 12.6. The molecule has 20 heavy (non-hydrogen) atoms. The number of aryl methyl sites for hydroxylation is 2. The average molecular weight is 300 g/mol. The smallest absolute Gasteiger partial charge is 0.238 e. The van der Waals surface area contributed by atoms with Gasteiger partial charge in [0.15, 0.2) is 0 Å². The summed E-state index contributed by atoms with van der Waals surface area (Å²) in [4.78, 5) is 2.42. The first-order valence-electron chi connectivity index (χ1n) is 6.78. The van der Waals surface area contributed by atoms with Crippen LogP contribution in [0.25, 0.3) is 0 Å². The van der Waals surface area contributed by atoms with Crippen LogP contribution in [0.2, 0.25) is 0 Å². The Morgan fingerprint density at radius 3 is 2.25 bits per heavy atom. The van der Waals surface area contributed by atoms with Crippen molar-refractivity contribution in [2.75, 3.05) is 26.2 Å². The molecule has 0 bridgehead atoms. The highest BCUT2D eigenvalue weighted by Crippen LogP contribution is 2.25. The second-order valence-corrected chi connectivity index (χ2v) is 6.33. The number of sulfonamides is 1. The topological polar surface area (TPSA) is 72.6 Å². The fourth-order valence-corrected chi connectivity index (χ4v) is 2.90. The second kappa shape index (κ2) is 7.06. The molecule has 1 aromatic carbocycles. The van der Waals surface area contributed by atoms with Gasteiger partial charge in [-0.1, -0.05) is 13.8 Å². The van der Waals surface area contributed by atoms with E-state index in [0.29, 0.717) is 17.9 Å². The van der Waals surface area contributed by atoms with E-state index in [1.807, 2.05) is 6.92 Å². The van der Waals surface area contributed by atoms with Gasteiger partial charge in [-0.15, -0.1) is 0 Å². The molecule has 0 aliphatic heterocycles. The van der Waals surface area contributed by atoms with Crippen molar-refractivity contribution >= 4 is 10.0 Å². The molecular formula is C14H24N2O3S.